The zero-order valence-electron chi connectivity index (χ0n) is 34.0. The number of piperazine rings is 1. The molecule has 322 valence electrons. The summed E-state index contributed by atoms with van der Waals surface area (Å²) in [5, 5.41) is 26.1. The van der Waals surface area contributed by atoms with Crippen molar-refractivity contribution in [3.05, 3.63) is 123 Å². The Kier molecular flexibility index (Phi) is 15.2. The summed E-state index contributed by atoms with van der Waals surface area (Å²) in [5.74, 6) is -2.71. The quantitative estimate of drug-likeness (QED) is 0.0947. The maximum atomic E-state index is 15.3. The molecule has 0 spiro atoms. The van der Waals surface area contributed by atoms with Gasteiger partial charge in [0.1, 0.15) is 24.6 Å². The number of ether oxygens (including phenoxy) is 2. The van der Waals surface area contributed by atoms with E-state index in [2.05, 4.69) is 15.8 Å². The van der Waals surface area contributed by atoms with Crippen LogP contribution < -0.4 is 21.0 Å². The molecule has 1 fully saturated rings. The van der Waals surface area contributed by atoms with Crippen molar-refractivity contribution >= 4 is 52.8 Å². The predicted molar refractivity (Wildman–Crippen MR) is 221 cm³/mol. The summed E-state index contributed by atoms with van der Waals surface area (Å²) in [6.45, 7) is 8.70. The first-order valence-electron chi connectivity index (χ1n) is 19.4. The molecule has 4 N–H and O–H groups in total. The molecule has 3 heterocycles. The first-order valence-corrected chi connectivity index (χ1v) is 19.4. The summed E-state index contributed by atoms with van der Waals surface area (Å²) in [4.78, 5) is 74.6. The van der Waals surface area contributed by atoms with Crippen LogP contribution in [0.25, 0.3) is 10.9 Å². The summed E-state index contributed by atoms with van der Waals surface area (Å²) < 4.78 is 33.4. The van der Waals surface area contributed by atoms with Gasteiger partial charge < -0.3 is 49.2 Å². The van der Waals surface area contributed by atoms with Gasteiger partial charge in [-0.05, 0) is 55.2 Å². The fraction of sp³-hybridized carbons (Fsp3) is 0.326. The smallest absolute Gasteiger partial charge is 0.410 e. The summed E-state index contributed by atoms with van der Waals surface area (Å²) >= 11 is 0. The van der Waals surface area contributed by atoms with Crippen LogP contribution in [0.3, 0.4) is 0 Å². The van der Waals surface area contributed by atoms with Crippen molar-refractivity contribution in [1.82, 2.24) is 19.9 Å². The number of carboxylic acids is 1. The van der Waals surface area contributed by atoms with E-state index in [-0.39, 0.29) is 55.7 Å². The van der Waals surface area contributed by atoms with Crippen molar-refractivity contribution in [3.8, 4) is 0 Å². The summed E-state index contributed by atoms with van der Waals surface area (Å²) in [5.41, 5.74) is 1.97. The molecule has 18 heteroatoms. The van der Waals surface area contributed by atoms with Gasteiger partial charge in [-0.25, -0.2) is 18.8 Å². The van der Waals surface area contributed by atoms with E-state index in [0.717, 1.165) is 11.6 Å². The van der Waals surface area contributed by atoms with Crippen molar-refractivity contribution in [3.63, 3.8) is 0 Å². The Labute approximate surface area is 349 Å². The second-order valence-electron chi connectivity index (χ2n) is 14.4. The van der Waals surface area contributed by atoms with Crippen molar-refractivity contribution < 1.29 is 52.6 Å². The summed E-state index contributed by atoms with van der Waals surface area (Å²) in [7, 11) is 0. The molecule has 1 unspecified atom stereocenters. The van der Waals surface area contributed by atoms with Gasteiger partial charge in [0.05, 0.1) is 28.9 Å². The Balaban J connectivity index is 0.00000228. The Morgan fingerprint density at radius 2 is 1.57 bits per heavy atom. The number of alkyl carbamates (subject to hydrolysis) is 1. The Morgan fingerprint density at radius 1 is 0.934 bits per heavy atom. The molecular weight excluding hydrogens is 796 g/mol. The predicted octanol–water partition coefficient (Wildman–Crippen LogP) is 6.37. The highest BCUT2D eigenvalue weighted by Crippen LogP contribution is 2.28. The van der Waals surface area contributed by atoms with Gasteiger partial charge in [-0.15, -0.1) is 0 Å². The first kappa shape index (κ1) is 44.9. The van der Waals surface area contributed by atoms with Crippen molar-refractivity contribution in [2.75, 3.05) is 36.4 Å². The zero-order chi connectivity index (χ0) is 44.2. The number of hydrogen-bond donors (Lipinski definition) is 4. The highest BCUT2D eigenvalue weighted by atomic mass is 19.1. The number of aromatic nitrogens is 2. The summed E-state index contributed by atoms with van der Waals surface area (Å²) in [6.07, 6.45) is 0.130. The van der Waals surface area contributed by atoms with E-state index < -0.39 is 46.9 Å². The van der Waals surface area contributed by atoms with E-state index in [9.17, 15) is 29.1 Å². The van der Waals surface area contributed by atoms with E-state index in [1.54, 1.807) is 59.7 Å². The number of carboxylic acid groups (broad SMARTS) is 2. The SMILES string of the molecule is CCn1cc(C(=O)O)c(=O)c2cc(F)c(N3CCN(C(=O)OCc4ccc(NC(=O)C(C)c5cc([C@@H](NC(=O)OCc6ccccc6)C(C)C)on5)cc4)CC3)cc21.O=CO. The molecule has 0 bridgehead atoms. The van der Waals surface area contributed by atoms with Crippen molar-refractivity contribution in [2.45, 2.75) is 59.4 Å². The third-order valence-electron chi connectivity index (χ3n) is 10.0. The number of aromatic carboxylic acids is 1. The Morgan fingerprint density at radius 3 is 2.20 bits per heavy atom. The molecule has 2 atom stereocenters. The number of halogens is 1. The molecule has 2 aromatic heterocycles. The number of hydrogen-bond acceptors (Lipinski definition) is 11. The number of nitrogens with one attached hydrogen (secondary N) is 2. The van der Waals surface area contributed by atoms with Gasteiger partial charge in [0.15, 0.2) is 5.76 Å². The van der Waals surface area contributed by atoms with E-state index in [1.165, 1.54) is 11.1 Å². The number of benzene rings is 3. The molecular formula is C43H47FN6O11. The van der Waals surface area contributed by atoms with E-state index in [1.807, 2.05) is 44.2 Å². The van der Waals surface area contributed by atoms with E-state index in [0.29, 0.717) is 47.9 Å². The van der Waals surface area contributed by atoms with Crippen LogP contribution in [0.5, 0.6) is 0 Å². The molecule has 0 aliphatic carbocycles. The highest BCUT2D eigenvalue weighted by Gasteiger charge is 2.28. The lowest BCUT2D eigenvalue weighted by atomic mass is 10.00. The lowest BCUT2D eigenvalue weighted by Gasteiger charge is -2.35. The molecule has 1 saturated heterocycles. The number of carbonyl (C=O) groups is 5. The minimum atomic E-state index is -1.38. The fourth-order valence-corrected chi connectivity index (χ4v) is 6.60. The van der Waals surface area contributed by atoms with Gasteiger partial charge in [0, 0.05) is 56.1 Å². The van der Waals surface area contributed by atoms with Gasteiger partial charge in [-0.1, -0.05) is 61.5 Å². The Bertz CT molecular complexity index is 2390. The molecule has 61 heavy (non-hydrogen) atoms. The number of pyridine rings is 1. The summed E-state index contributed by atoms with van der Waals surface area (Å²) in [6, 6.07) is 19.9. The van der Waals surface area contributed by atoms with Gasteiger partial charge in [0.2, 0.25) is 11.3 Å². The average Bonchev–Trinajstić information content (AvgIpc) is 3.75. The van der Waals surface area contributed by atoms with Crippen LogP contribution in [0, 0.1) is 11.7 Å². The molecule has 1 aliphatic heterocycles. The van der Waals surface area contributed by atoms with E-state index in [4.69, 9.17) is 23.9 Å². The number of amides is 3. The van der Waals surface area contributed by atoms with Gasteiger partial charge in [0.25, 0.3) is 6.47 Å². The number of carbonyl (C=O) groups excluding carboxylic acids is 3. The van der Waals surface area contributed by atoms with Crippen LogP contribution in [0.4, 0.5) is 25.4 Å². The lowest BCUT2D eigenvalue weighted by molar-refractivity contribution is -0.123. The molecule has 17 nitrogen and oxygen atoms in total. The second-order valence-corrected chi connectivity index (χ2v) is 14.4. The number of anilines is 2. The normalized spacial score (nSPS) is 13.4. The third kappa shape index (κ3) is 11.3. The monoisotopic (exact) mass is 842 g/mol. The highest BCUT2D eigenvalue weighted by molar-refractivity contribution is 5.95. The number of nitrogens with zero attached hydrogens (tertiary/aromatic N) is 4. The van der Waals surface area contributed by atoms with Crippen LogP contribution in [0.2, 0.25) is 0 Å². The zero-order valence-corrected chi connectivity index (χ0v) is 34.0. The first-order chi connectivity index (χ1) is 29.2. The third-order valence-corrected chi connectivity index (χ3v) is 10.0. The number of aryl methyl sites for hydroxylation is 1. The van der Waals surface area contributed by atoms with E-state index >= 15 is 4.39 Å². The Hall–Kier alpha value is -7.24. The second kappa shape index (κ2) is 20.6. The molecule has 0 radical (unpaired) electrons. The van der Waals surface area contributed by atoms with Crippen LogP contribution in [-0.2, 0) is 38.8 Å². The van der Waals surface area contributed by atoms with Crippen LogP contribution in [-0.4, -0.2) is 81.6 Å². The lowest BCUT2D eigenvalue weighted by Crippen LogP contribution is -2.49. The fourth-order valence-electron chi connectivity index (χ4n) is 6.60. The maximum absolute atomic E-state index is 15.3. The largest absolute Gasteiger partial charge is 0.483 e. The minimum absolute atomic E-state index is 0.0115. The molecule has 1 aliphatic rings. The number of rotatable bonds is 13. The maximum Gasteiger partial charge on any atom is 0.410 e. The van der Waals surface area contributed by atoms with Crippen LogP contribution in [0.1, 0.15) is 72.6 Å². The van der Waals surface area contributed by atoms with Gasteiger partial charge >= 0.3 is 18.2 Å². The van der Waals surface area contributed by atoms with Gasteiger partial charge in [-0.3, -0.25) is 14.4 Å². The molecule has 0 saturated carbocycles. The molecule has 3 aromatic carbocycles. The van der Waals surface area contributed by atoms with Crippen molar-refractivity contribution in [1.29, 1.82) is 0 Å². The van der Waals surface area contributed by atoms with Gasteiger partial charge in [-0.2, -0.15) is 0 Å². The van der Waals surface area contributed by atoms with Crippen LogP contribution >= 0.6 is 0 Å². The number of fused-ring (bicyclic) bond motifs is 1. The molecule has 5 aromatic rings. The van der Waals surface area contributed by atoms with Crippen LogP contribution in [0.15, 0.2) is 88.3 Å². The molecule has 6 rings (SSSR count). The average molecular weight is 843 g/mol. The standard InChI is InChI=1S/C42H45FN6O9.CH2O2/c1-5-47-22-31(40(52)53)38(50)30-19-32(43)35(21-34(30)47)48-15-17-49(18-16-48)42(55)57-24-28-11-13-29(14-12-28)44-39(51)26(4)33-20-36(58-46-33)37(25(2)3)45-41(54)56-23-27-9-7-6-8-10-27;2-1-3/h6-14,19-22,25-26,37H,5,15-18,23-24H2,1-4H3,(H,44,51)(H,45,54)(H,52,53);1H,(H,2,3)/t26?,37-;/m0./s1. The topological polar surface area (TPSA) is 223 Å². The van der Waals surface area contributed by atoms with Crippen molar-refractivity contribution in [2.24, 2.45) is 5.92 Å². The minimum Gasteiger partial charge on any atom is -0.483 e. The molecule has 3 amide bonds.